The minimum atomic E-state index is -1.04. The van der Waals surface area contributed by atoms with Gasteiger partial charge in [0, 0.05) is 19.3 Å². The van der Waals surface area contributed by atoms with Crippen molar-refractivity contribution in [2.75, 3.05) is 66.1 Å². The molecule has 0 heterocycles. The van der Waals surface area contributed by atoms with Crippen LogP contribution in [0.1, 0.15) is 75.6 Å². The van der Waals surface area contributed by atoms with Gasteiger partial charge in [-0.05, 0) is 25.0 Å². The number of ether oxygens (including phenoxy) is 6. The van der Waals surface area contributed by atoms with Crippen LogP contribution in [-0.4, -0.2) is 77.1 Å². The van der Waals surface area contributed by atoms with Gasteiger partial charge in [0.2, 0.25) is 0 Å². The lowest BCUT2D eigenvalue weighted by Gasteiger charge is -2.12. The Morgan fingerprint density at radius 3 is 1.37 bits per heavy atom. The minimum absolute atomic E-state index is 0.104. The molecule has 8 heteroatoms. The second kappa shape index (κ2) is 22.6. The van der Waals surface area contributed by atoms with E-state index in [1.165, 1.54) is 50.7 Å². The van der Waals surface area contributed by atoms with Gasteiger partial charge in [0.15, 0.2) is 0 Å². The molecule has 0 spiro atoms. The standard InChI is InChI=1S/C27H46O8/c1-3-5-7-9-11-30-13-15-32-17-19-34-25-21-24(27(28)29)22-26(23-25)35-20-18-33-16-14-31-12-10-8-6-4-2/h21-23H,3-20H2,1-2H3,(H,28,29). The zero-order valence-corrected chi connectivity index (χ0v) is 21.8. The first-order valence-electron chi connectivity index (χ1n) is 13.1. The predicted octanol–water partition coefficient (Wildman–Crippen LogP) is 5.37. The Morgan fingerprint density at radius 2 is 0.971 bits per heavy atom. The first-order valence-corrected chi connectivity index (χ1v) is 13.1. The van der Waals surface area contributed by atoms with Gasteiger partial charge in [0.05, 0.1) is 45.2 Å². The van der Waals surface area contributed by atoms with Crippen LogP contribution in [0.5, 0.6) is 11.5 Å². The molecule has 1 aromatic carbocycles. The summed E-state index contributed by atoms with van der Waals surface area (Å²) in [7, 11) is 0. The van der Waals surface area contributed by atoms with Gasteiger partial charge in [-0.25, -0.2) is 4.79 Å². The Morgan fingerprint density at radius 1 is 0.571 bits per heavy atom. The topological polar surface area (TPSA) is 92.7 Å². The van der Waals surface area contributed by atoms with Crippen molar-refractivity contribution in [2.24, 2.45) is 0 Å². The van der Waals surface area contributed by atoms with E-state index < -0.39 is 5.97 Å². The Hall–Kier alpha value is -1.87. The Bertz CT molecular complexity index is 593. The molecule has 8 nitrogen and oxygen atoms in total. The quantitative estimate of drug-likeness (QED) is 0.180. The van der Waals surface area contributed by atoms with Crippen LogP contribution in [0, 0.1) is 0 Å². The smallest absolute Gasteiger partial charge is 0.335 e. The van der Waals surface area contributed by atoms with E-state index in [1.54, 1.807) is 6.07 Å². The van der Waals surface area contributed by atoms with E-state index >= 15 is 0 Å². The highest BCUT2D eigenvalue weighted by Gasteiger charge is 2.09. The number of benzene rings is 1. The molecule has 35 heavy (non-hydrogen) atoms. The Labute approximate surface area is 211 Å². The summed E-state index contributed by atoms with van der Waals surface area (Å²) in [4.78, 5) is 11.4. The minimum Gasteiger partial charge on any atom is -0.491 e. The summed E-state index contributed by atoms with van der Waals surface area (Å²) in [6, 6.07) is 4.62. The maximum Gasteiger partial charge on any atom is 0.335 e. The van der Waals surface area contributed by atoms with E-state index in [4.69, 9.17) is 28.4 Å². The van der Waals surface area contributed by atoms with Crippen molar-refractivity contribution in [3.63, 3.8) is 0 Å². The Balaban J connectivity index is 2.18. The van der Waals surface area contributed by atoms with Gasteiger partial charge in [-0.3, -0.25) is 0 Å². The largest absolute Gasteiger partial charge is 0.491 e. The summed E-state index contributed by atoms with van der Waals surface area (Å²) in [5.41, 5.74) is 0.104. The lowest BCUT2D eigenvalue weighted by Crippen LogP contribution is -2.12. The van der Waals surface area contributed by atoms with Crippen molar-refractivity contribution in [3.8, 4) is 11.5 Å². The van der Waals surface area contributed by atoms with Crippen molar-refractivity contribution in [2.45, 2.75) is 65.2 Å². The SMILES string of the molecule is CCCCCCOCCOCCOc1cc(OCCOCCOCCCCCC)cc(C(=O)O)c1. The zero-order valence-electron chi connectivity index (χ0n) is 21.8. The summed E-state index contributed by atoms with van der Waals surface area (Å²) in [5, 5.41) is 9.37. The number of carboxylic acids is 1. The molecule has 0 aliphatic rings. The summed E-state index contributed by atoms with van der Waals surface area (Å²) in [5.74, 6) is -0.193. The summed E-state index contributed by atoms with van der Waals surface area (Å²) in [6.45, 7) is 9.43. The van der Waals surface area contributed by atoms with E-state index in [0.29, 0.717) is 64.4 Å². The molecule has 0 aromatic heterocycles. The first-order chi connectivity index (χ1) is 17.2. The van der Waals surface area contributed by atoms with Crippen LogP contribution in [-0.2, 0) is 18.9 Å². The molecule has 0 aliphatic heterocycles. The molecule has 0 bridgehead atoms. The van der Waals surface area contributed by atoms with Crippen molar-refractivity contribution in [1.82, 2.24) is 0 Å². The van der Waals surface area contributed by atoms with Gasteiger partial charge >= 0.3 is 5.97 Å². The van der Waals surface area contributed by atoms with Crippen molar-refractivity contribution < 1.29 is 38.3 Å². The number of rotatable bonds is 25. The number of hydrogen-bond donors (Lipinski definition) is 1. The van der Waals surface area contributed by atoms with Gasteiger partial charge in [-0.1, -0.05) is 52.4 Å². The lowest BCUT2D eigenvalue weighted by atomic mass is 10.2. The number of aromatic carboxylic acids is 1. The number of carboxylic acid groups (broad SMARTS) is 1. The molecule has 202 valence electrons. The molecule has 1 rings (SSSR count). The number of unbranched alkanes of at least 4 members (excludes halogenated alkanes) is 6. The highest BCUT2D eigenvalue weighted by atomic mass is 16.6. The summed E-state index contributed by atoms with van der Waals surface area (Å²) >= 11 is 0. The molecule has 0 fully saturated rings. The molecule has 0 amide bonds. The summed E-state index contributed by atoms with van der Waals surface area (Å²) in [6.07, 6.45) is 9.50. The molecule has 0 unspecified atom stereocenters. The highest BCUT2D eigenvalue weighted by molar-refractivity contribution is 5.88. The van der Waals surface area contributed by atoms with Crippen LogP contribution in [0.2, 0.25) is 0 Å². The van der Waals surface area contributed by atoms with Crippen LogP contribution in [0.4, 0.5) is 0 Å². The first kappa shape index (κ1) is 31.2. The van der Waals surface area contributed by atoms with Gasteiger partial charge in [0.1, 0.15) is 24.7 Å². The van der Waals surface area contributed by atoms with Crippen LogP contribution in [0.3, 0.4) is 0 Å². The molecule has 0 aliphatic carbocycles. The molecule has 1 N–H and O–H groups in total. The molecular formula is C27H46O8. The van der Waals surface area contributed by atoms with E-state index in [0.717, 1.165) is 26.1 Å². The van der Waals surface area contributed by atoms with Crippen LogP contribution >= 0.6 is 0 Å². The van der Waals surface area contributed by atoms with Crippen LogP contribution in [0.25, 0.3) is 0 Å². The average Bonchev–Trinajstić information content (AvgIpc) is 2.85. The fraction of sp³-hybridized carbons (Fsp3) is 0.741. The summed E-state index contributed by atoms with van der Waals surface area (Å²) < 4.78 is 33.4. The zero-order chi connectivity index (χ0) is 25.4. The van der Waals surface area contributed by atoms with Crippen LogP contribution < -0.4 is 9.47 Å². The van der Waals surface area contributed by atoms with Gasteiger partial charge < -0.3 is 33.5 Å². The molecule has 0 radical (unpaired) electrons. The maximum atomic E-state index is 11.4. The average molecular weight is 499 g/mol. The Kier molecular flexibility index (Phi) is 20.1. The van der Waals surface area contributed by atoms with Gasteiger partial charge in [0.25, 0.3) is 0 Å². The lowest BCUT2D eigenvalue weighted by molar-refractivity contribution is 0.0344. The monoisotopic (exact) mass is 498 g/mol. The van der Waals surface area contributed by atoms with E-state index in [1.807, 2.05) is 0 Å². The maximum absolute atomic E-state index is 11.4. The van der Waals surface area contributed by atoms with E-state index in [9.17, 15) is 9.90 Å². The van der Waals surface area contributed by atoms with Crippen LogP contribution in [0.15, 0.2) is 18.2 Å². The normalized spacial score (nSPS) is 11.0. The van der Waals surface area contributed by atoms with Crippen molar-refractivity contribution in [1.29, 1.82) is 0 Å². The molecule has 0 atom stereocenters. The second-order valence-corrected chi connectivity index (χ2v) is 8.27. The van der Waals surface area contributed by atoms with Gasteiger partial charge in [-0.2, -0.15) is 0 Å². The third kappa shape index (κ3) is 18.1. The number of carbonyl (C=O) groups is 1. The predicted molar refractivity (Wildman–Crippen MR) is 136 cm³/mol. The third-order valence-electron chi connectivity index (χ3n) is 5.15. The fourth-order valence-electron chi connectivity index (χ4n) is 3.20. The third-order valence-corrected chi connectivity index (χ3v) is 5.15. The second-order valence-electron chi connectivity index (χ2n) is 8.27. The number of hydrogen-bond acceptors (Lipinski definition) is 7. The molecule has 1 aromatic rings. The van der Waals surface area contributed by atoms with Crippen molar-refractivity contribution >= 4 is 5.97 Å². The molecule has 0 saturated carbocycles. The fourth-order valence-corrected chi connectivity index (χ4v) is 3.20. The molecule has 0 saturated heterocycles. The van der Waals surface area contributed by atoms with E-state index in [2.05, 4.69) is 13.8 Å². The highest BCUT2D eigenvalue weighted by Crippen LogP contribution is 2.23. The van der Waals surface area contributed by atoms with E-state index in [-0.39, 0.29) is 5.56 Å². The van der Waals surface area contributed by atoms with Crippen molar-refractivity contribution in [3.05, 3.63) is 23.8 Å². The van der Waals surface area contributed by atoms with Gasteiger partial charge in [-0.15, -0.1) is 0 Å². The molecular weight excluding hydrogens is 452 g/mol.